The number of carbonyl (C=O) groups excluding carboxylic acids is 1. The molecule has 0 saturated heterocycles. The summed E-state index contributed by atoms with van der Waals surface area (Å²) in [6, 6.07) is 13.0. The Hall–Kier alpha value is -2.73. The van der Waals surface area contributed by atoms with Crippen molar-refractivity contribution in [3.05, 3.63) is 70.5 Å². The SMILES string of the molecule is Cc1cccc(COc2ccc(-c3nc(C(=O)NC4CC4)cs3)c(F)c2)c1. The number of hydrogen-bond donors (Lipinski definition) is 1. The van der Waals surface area contributed by atoms with Crippen LogP contribution in [0.15, 0.2) is 47.8 Å². The van der Waals surface area contributed by atoms with Gasteiger partial charge < -0.3 is 10.1 Å². The third kappa shape index (κ3) is 4.34. The molecule has 0 spiro atoms. The van der Waals surface area contributed by atoms with Crippen molar-refractivity contribution in [2.75, 3.05) is 0 Å². The van der Waals surface area contributed by atoms with Gasteiger partial charge in [-0.25, -0.2) is 9.37 Å². The van der Waals surface area contributed by atoms with Crippen LogP contribution in [0.4, 0.5) is 4.39 Å². The van der Waals surface area contributed by atoms with E-state index in [2.05, 4.69) is 10.3 Å². The third-order valence-corrected chi connectivity index (χ3v) is 5.18. The summed E-state index contributed by atoms with van der Waals surface area (Å²) in [6.45, 7) is 2.40. The van der Waals surface area contributed by atoms with E-state index < -0.39 is 5.82 Å². The highest BCUT2D eigenvalue weighted by Gasteiger charge is 2.25. The zero-order valence-electron chi connectivity index (χ0n) is 14.9. The summed E-state index contributed by atoms with van der Waals surface area (Å²) in [5.41, 5.74) is 2.89. The lowest BCUT2D eigenvalue weighted by atomic mass is 10.1. The molecule has 0 atom stereocenters. The zero-order chi connectivity index (χ0) is 18.8. The molecular weight excluding hydrogens is 363 g/mol. The predicted octanol–water partition coefficient (Wildman–Crippen LogP) is 4.73. The minimum absolute atomic E-state index is 0.196. The van der Waals surface area contributed by atoms with Crippen molar-refractivity contribution in [2.24, 2.45) is 0 Å². The Morgan fingerprint density at radius 1 is 1.30 bits per heavy atom. The van der Waals surface area contributed by atoms with E-state index in [0.717, 1.165) is 24.0 Å². The van der Waals surface area contributed by atoms with Crippen LogP contribution in [-0.2, 0) is 6.61 Å². The van der Waals surface area contributed by atoms with Crippen LogP contribution < -0.4 is 10.1 Å². The average Bonchev–Trinajstić information content (AvgIpc) is 3.32. The molecule has 0 bridgehead atoms. The number of halogens is 1. The molecule has 0 radical (unpaired) electrons. The molecule has 3 aromatic rings. The minimum atomic E-state index is -0.416. The molecule has 1 amide bonds. The van der Waals surface area contributed by atoms with Crippen molar-refractivity contribution < 1.29 is 13.9 Å². The van der Waals surface area contributed by atoms with Crippen molar-refractivity contribution in [1.82, 2.24) is 10.3 Å². The summed E-state index contributed by atoms with van der Waals surface area (Å²) >= 11 is 1.26. The predicted molar refractivity (Wildman–Crippen MR) is 104 cm³/mol. The fraction of sp³-hybridized carbons (Fsp3) is 0.238. The lowest BCUT2D eigenvalue weighted by Gasteiger charge is -2.08. The molecule has 1 N–H and O–H groups in total. The summed E-state index contributed by atoms with van der Waals surface area (Å²) < 4.78 is 20.2. The summed E-state index contributed by atoms with van der Waals surface area (Å²) in [7, 11) is 0. The van der Waals surface area contributed by atoms with Gasteiger partial charge in [0.1, 0.15) is 28.9 Å². The van der Waals surface area contributed by atoms with Gasteiger partial charge in [-0.2, -0.15) is 0 Å². The Bertz CT molecular complexity index is 982. The Labute approximate surface area is 161 Å². The Balaban J connectivity index is 1.45. The van der Waals surface area contributed by atoms with Crippen molar-refractivity contribution >= 4 is 17.2 Å². The molecule has 4 rings (SSSR count). The standard InChI is InChI=1S/C21H19FN2O2S/c1-13-3-2-4-14(9-13)11-26-16-7-8-17(18(22)10-16)21-24-19(12-27-21)20(25)23-15-5-6-15/h2-4,7-10,12,15H,5-6,11H2,1H3,(H,23,25). The van der Waals surface area contributed by atoms with Crippen LogP contribution in [0.1, 0.15) is 34.5 Å². The van der Waals surface area contributed by atoms with E-state index in [1.807, 2.05) is 31.2 Å². The molecule has 0 aliphatic heterocycles. The molecule has 1 aromatic heterocycles. The number of hydrogen-bond acceptors (Lipinski definition) is 4. The Kier molecular flexibility index (Phi) is 4.90. The molecule has 6 heteroatoms. The maximum Gasteiger partial charge on any atom is 0.270 e. The third-order valence-electron chi connectivity index (χ3n) is 4.31. The van der Waals surface area contributed by atoms with Gasteiger partial charge in [0.2, 0.25) is 0 Å². The number of amides is 1. The van der Waals surface area contributed by atoms with Gasteiger partial charge in [-0.15, -0.1) is 11.3 Å². The summed E-state index contributed by atoms with van der Waals surface area (Å²) in [5, 5.41) is 5.03. The number of aryl methyl sites for hydroxylation is 1. The highest BCUT2D eigenvalue weighted by molar-refractivity contribution is 7.13. The highest BCUT2D eigenvalue weighted by atomic mass is 32.1. The molecule has 1 aliphatic rings. The van der Waals surface area contributed by atoms with E-state index in [9.17, 15) is 9.18 Å². The minimum Gasteiger partial charge on any atom is -0.489 e. The monoisotopic (exact) mass is 382 g/mol. The van der Waals surface area contributed by atoms with Gasteiger partial charge in [0.15, 0.2) is 0 Å². The van der Waals surface area contributed by atoms with Gasteiger partial charge >= 0.3 is 0 Å². The van der Waals surface area contributed by atoms with Crippen LogP contribution in [0.3, 0.4) is 0 Å². The largest absolute Gasteiger partial charge is 0.489 e. The van der Waals surface area contributed by atoms with Crippen LogP contribution >= 0.6 is 11.3 Å². The van der Waals surface area contributed by atoms with Gasteiger partial charge in [0.25, 0.3) is 5.91 Å². The molecule has 1 saturated carbocycles. The van der Waals surface area contributed by atoms with Crippen molar-refractivity contribution in [3.8, 4) is 16.3 Å². The van der Waals surface area contributed by atoms with Crippen LogP contribution in [0, 0.1) is 12.7 Å². The molecule has 1 fully saturated rings. The van der Waals surface area contributed by atoms with Crippen molar-refractivity contribution in [1.29, 1.82) is 0 Å². The summed E-state index contributed by atoms with van der Waals surface area (Å²) in [5.74, 6) is -0.153. The lowest BCUT2D eigenvalue weighted by Crippen LogP contribution is -2.25. The van der Waals surface area contributed by atoms with Crippen LogP contribution in [0.2, 0.25) is 0 Å². The maximum absolute atomic E-state index is 14.5. The number of thiazole rings is 1. The maximum atomic E-state index is 14.5. The number of carbonyl (C=O) groups is 1. The molecule has 138 valence electrons. The number of ether oxygens (including phenoxy) is 1. The van der Waals surface area contributed by atoms with Gasteiger partial charge in [0, 0.05) is 23.1 Å². The number of rotatable bonds is 6. The van der Waals surface area contributed by atoms with E-state index in [1.165, 1.54) is 17.4 Å². The zero-order valence-corrected chi connectivity index (χ0v) is 15.7. The molecule has 1 heterocycles. The molecule has 27 heavy (non-hydrogen) atoms. The number of benzene rings is 2. The second-order valence-electron chi connectivity index (χ2n) is 6.71. The first-order chi connectivity index (χ1) is 13.1. The second-order valence-corrected chi connectivity index (χ2v) is 7.56. The summed E-state index contributed by atoms with van der Waals surface area (Å²) in [6.07, 6.45) is 2.03. The molecule has 2 aromatic carbocycles. The second kappa shape index (κ2) is 7.48. The molecular formula is C21H19FN2O2S. The van der Waals surface area contributed by atoms with Gasteiger partial charge in [-0.3, -0.25) is 4.79 Å². The van der Waals surface area contributed by atoms with Crippen molar-refractivity contribution in [3.63, 3.8) is 0 Å². The van der Waals surface area contributed by atoms with E-state index in [0.29, 0.717) is 28.6 Å². The van der Waals surface area contributed by atoms with E-state index in [4.69, 9.17) is 4.74 Å². The van der Waals surface area contributed by atoms with E-state index in [1.54, 1.807) is 17.5 Å². The first-order valence-electron chi connectivity index (χ1n) is 8.83. The Morgan fingerprint density at radius 3 is 2.89 bits per heavy atom. The topological polar surface area (TPSA) is 51.2 Å². The van der Waals surface area contributed by atoms with E-state index >= 15 is 0 Å². The fourth-order valence-corrected chi connectivity index (χ4v) is 3.54. The first-order valence-corrected chi connectivity index (χ1v) is 9.71. The quantitative estimate of drug-likeness (QED) is 0.671. The van der Waals surface area contributed by atoms with Gasteiger partial charge in [-0.1, -0.05) is 29.8 Å². The first kappa shape index (κ1) is 17.7. The van der Waals surface area contributed by atoms with Gasteiger partial charge in [0.05, 0.1) is 0 Å². The van der Waals surface area contributed by atoms with Gasteiger partial charge in [-0.05, 0) is 37.5 Å². The van der Waals surface area contributed by atoms with Crippen LogP contribution in [0.5, 0.6) is 5.75 Å². The molecule has 4 nitrogen and oxygen atoms in total. The van der Waals surface area contributed by atoms with Crippen LogP contribution in [-0.4, -0.2) is 16.9 Å². The normalized spacial score (nSPS) is 13.4. The summed E-state index contributed by atoms with van der Waals surface area (Å²) in [4.78, 5) is 16.3. The number of nitrogens with one attached hydrogen (secondary N) is 1. The average molecular weight is 382 g/mol. The van der Waals surface area contributed by atoms with E-state index in [-0.39, 0.29) is 11.9 Å². The van der Waals surface area contributed by atoms with Crippen molar-refractivity contribution in [2.45, 2.75) is 32.4 Å². The smallest absolute Gasteiger partial charge is 0.270 e. The molecule has 1 aliphatic carbocycles. The lowest BCUT2D eigenvalue weighted by molar-refractivity contribution is 0.0947. The number of aromatic nitrogens is 1. The number of nitrogens with zero attached hydrogens (tertiary/aromatic N) is 1. The Morgan fingerprint density at radius 2 is 2.15 bits per heavy atom. The molecule has 0 unspecified atom stereocenters. The van der Waals surface area contributed by atoms with Crippen LogP contribution in [0.25, 0.3) is 10.6 Å². The highest BCUT2D eigenvalue weighted by Crippen LogP contribution is 2.29. The fourth-order valence-electron chi connectivity index (χ4n) is 2.72.